The Labute approximate surface area is 143 Å². The maximum absolute atomic E-state index is 6.00. The van der Waals surface area contributed by atoms with E-state index >= 15 is 0 Å². The number of nitrogens with zero attached hydrogens (tertiary/aromatic N) is 3. The normalized spacial score (nSPS) is 10.9. The molecule has 0 bridgehead atoms. The van der Waals surface area contributed by atoms with Crippen LogP contribution in [0.1, 0.15) is 17.8 Å². The van der Waals surface area contributed by atoms with E-state index in [0.29, 0.717) is 0 Å². The van der Waals surface area contributed by atoms with E-state index in [1.165, 1.54) is 0 Å². The Morgan fingerprint density at radius 3 is 2.52 bits per heavy atom. The minimum atomic E-state index is 0.732. The fourth-order valence-corrected chi connectivity index (χ4v) is 2.47. The van der Waals surface area contributed by atoms with Crippen molar-refractivity contribution in [2.75, 3.05) is 37.8 Å². The average molecular weight is 334 g/mol. The second kappa shape index (κ2) is 8.13. The highest BCUT2D eigenvalue weighted by molar-refractivity contribution is 6.30. The molecule has 0 saturated heterocycles. The quantitative estimate of drug-likeness (QED) is 0.754. The van der Waals surface area contributed by atoms with Gasteiger partial charge in [0.05, 0.1) is 0 Å². The number of benzene rings is 1. The number of rotatable bonds is 7. The number of anilines is 3. The van der Waals surface area contributed by atoms with Crippen LogP contribution in [0.5, 0.6) is 0 Å². The molecule has 124 valence electrons. The molecule has 2 rings (SSSR count). The monoisotopic (exact) mass is 333 g/mol. The van der Waals surface area contributed by atoms with Crippen LogP contribution in [0.15, 0.2) is 24.3 Å². The van der Waals surface area contributed by atoms with Gasteiger partial charge >= 0.3 is 0 Å². The Morgan fingerprint density at radius 2 is 1.83 bits per heavy atom. The van der Waals surface area contributed by atoms with Crippen LogP contribution < -0.4 is 10.6 Å². The first kappa shape index (κ1) is 17.5. The van der Waals surface area contributed by atoms with Gasteiger partial charge in [-0.2, -0.15) is 0 Å². The minimum absolute atomic E-state index is 0.732. The number of aryl methyl sites for hydroxylation is 2. The van der Waals surface area contributed by atoms with Crippen molar-refractivity contribution in [1.82, 2.24) is 14.9 Å². The van der Waals surface area contributed by atoms with Crippen LogP contribution in [0, 0.1) is 13.8 Å². The molecule has 0 aliphatic heterocycles. The van der Waals surface area contributed by atoms with Crippen molar-refractivity contribution >= 4 is 28.9 Å². The summed E-state index contributed by atoms with van der Waals surface area (Å²) >= 11 is 6.00. The summed E-state index contributed by atoms with van der Waals surface area (Å²) in [6.45, 7) is 5.84. The second-order valence-corrected chi connectivity index (χ2v) is 6.29. The zero-order valence-electron chi connectivity index (χ0n) is 14.2. The van der Waals surface area contributed by atoms with E-state index in [9.17, 15) is 0 Å². The van der Waals surface area contributed by atoms with Gasteiger partial charge in [0.1, 0.15) is 17.5 Å². The molecule has 1 aromatic heterocycles. The molecule has 2 N–H and O–H groups in total. The molecule has 0 amide bonds. The van der Waals surface area contributed by atoms with Crippen molar-refractivity contribution in [3.8, 4) is 0 Å². The third kappa shape index (κ3) is 5.69. The highest BCUT2D eigenvalue weighted by atomic mass is 35.5. The van der Waals surface area contributed by atoms with Gasteiger partial charge in [0.15, 0.2) is 0 Å². The summed E-state index contributed by atoms with van der Waals surface area (Å²) in [6, 6.07) is 7.68. The largest absolute Gasteiger partial charge is 0.370 e. The van der Waals surface area contributed by atoms with Gasteiger partial charge in [-0.1, -0.05) is 11.6 Å². The van der Waals surface area contributed by atoms with Gasteiger partial charge in [-0.25, -0.2) is 9.97 Å². The molecule has 0 radical (unpaired) electrons. The zero-order valence-corrected chi connectivity index (χ0v) is 14.9. The number of nitrogens with one attached hydrogen (secondary N) is 2. The molecule has 0 saturated carbocycles. The van der Waals surface area contributed by atoms with Gasteiger partial charge in [-0.05, 0) is 64.7 Å². The summed E-state index contributed by atoms with van der Waals surface area (Å²) in [7, 11) is 4.15. The molecule has 0 spiro atoms. The van der Waals surface area contributed by atoms with Crippen LogP contribution in [-0.2, 0) is 0 Å². The van der Waals surface area contributed by atoms with Gasteiger partial charge in [0.2, 0.25) is 0 Å². The Morgan fingerprint density at radius 1 is 1.09 bits per heavy atom. The second-order valence-electron chi connectivity index (χ2n) is 5.85. The predicted octanol–water partition coefficient (Wildman–Crippen LogP) is 3.85. The van der Waals surface area contributed by atoms with Crippen molar-refractivity contribution in [2.24, 2.45) is 0 Å². The Kier molecular flexibility index (Phi) is 6.19. The van der Waals surface area contributed by atoms with Gasteiger partial charge in [-0.3, -0.25) is 0 Å². The zero-order chi connectivity index (χ0) is 16.8. The molecule has 0 aliphatic rings. The lowest BCUT2D eigenvalue weighted by Crippen LogP contribution is -2.16. The molecule has 6 heteroatoms. The van der Waals surface area contributed by atoms with E-state index in [-0.39, 0.29) is 0 Å². The summed E-state index contributed by atoms with van der Waals surface area (Å²) in [5.41, 5.74) is 2.07. The van der Waals surface area contributed by atoms with E-state index in [0.717, 1.165) is 53.2 Å². The van der Waals surface area contributed by atoms with Crippen LogP contribution in [0.2, 0.25) is 5.02 Å². The van der Waals surface area contributed by atoms with Crippen LogP contribution in [0.25, 0.3) is 0 Å². The molecular weight excluding hydrogens is 310 g/mol. The van der Waals surface area contributed by atoms with E-state index in [1.807, 2.05) is 38.1 Å². The first-order valence-electron chi connectivity index (χ1n) is 7.71. The average Bonchev–Trinajstić information content (AvgIpc) is 2.46. The number of hydrogen-bond donors (Lipinski definition) is 2. The van der Waals surface area contributed by atoms with Crippen molar-refractivity contribution in [1.29, 1.82) is 0 Å². The topological polar surface area (TPSA) is 53.1 Å². The molecule has 0 atom stereocenters. The first-order chi connectivity index (χ1) is 10.9. The molecule has 5 nitrogen and oxygen atoms in total. The van der Waals surface area contributed by atoms with Gasteiger partial charge < -0.3 is 15.5 Å². The fourth-order valence-electron chi connectivity index (χ4n) is 2.24. The Balaban J connectivity index is 2.04. The summed E-state index contributed by atoms with van der Waals surface area (Å²) in [5.74, 6) is 2.35. The maximum atomic E-state index is 6.00. The van der Waals surface area contributed by atoms with Gasteiger partial charge in [0.25, 0.3) is 0 Å². The Hall–Kier alpha value is -1.85. The van der Waals surface area contributed by atoms with Crippen molar-refractivity contribution in [2.45, 2.75) is 20.3 Å². The molecule has 2 aromatic rings. The molecule has 1 aromatic carbocycles. The lowest BCUT2D eigenvalue weighted by atomic mass is 10.2. The summed E-state index contributed by atoms with van der Waals surface area (Å²) in [4.78, 5) is 11.0. The lowest BCUT2D eigenvalue weighted by molar-refractivity contribution is 0.405. The van der Waals surface area contributed by atoms with Crippen molar-refractivity contribution in [3.05, 3.63) is 40.7 Å². The van der Waals surface area contributed by atoms with Crippen LogP contribution in [0.4, 0.5) is 17.3 Å². The van der Waals surface area contributed by atoms with Crippen LogP contribution in [-0.4, -0.2) is 42.1 Å². The third-order valence-corrected chi connectivity index (χ3v) is 3.61. The molecule has 23 heavy (non-hydrogen) atoms. The minimum Gasteiger partial charge on any atom is -0.370 e. The molecule has 0 fully saturated rings. The molecule has 1 heterocycles. The van der Waals surface area contributed by atoms with Crippen molar-refractivity contribution in [3.63, 3.8) is 0 Å². The summed E-state index contributed by atoms with van der Waals surface area (Å²) in [5, 5.41) is 7.41. The van der Waals surface area contributed by atoms with E-state index in [2.05, 4.69) is 39.6 Å². The first-order valence-corrected chi connectivity index (χ1v) is 8.09. The predicted molar refractivity (Wildman–Crippen MR) is 97.9 cm³/mol. The summed E-state index contributed by atoms with van der Waals surface area (Å²) in [6.07, 6.45) is 1.06. The number of hydrogen-bond acceptors (Lipinski definition) is 5. The highest BCUT2D eigenvalue weighted by Gasteiger charge is 2.05. The van der Waals surface area contributed by atoms with Crippen LogP contribution >= 0.6 is 11.6 Å². The van der Waals surface area contributed by atoms with Crippen molar-refractivity contribution < 1.29 is 0 Å². The van der Waals surface area contributed by atoms with Gasteiger partial charge in [0, 0.05) is 23.3 Å². The Bertz CT molecular complexity index is 657. The number of aromatic nitrogens is 2. The fraction of sp³-hybridized carbons (Fsp3) is 0.412. The smallest absolute Gasteiger partial charge is 0.136 e. The molecule has 0 aliphatic carbocycles. The van der Waals surface area contributed by atoms with Gasteiger partial charge in [-0.15, -0.1) is 0 Å². The standard InChI is InChI=1S/C17H24ClN5/c1-12-10-14(18)6-7-15(12)22-17-11-16(20-13(2)21-17)19-8-5-9-23(3)4/h6-7,10-11H,5,8-9H2,1-4H3,(H2,19,20,21,22). The SMILES string of the molecule is Cc1nc(NCCCN(C)C)cc(Nc2ccc(Cl)cc2C)n1. The lowest BCUT2D eigenvalue weighted by Gasteiger charge is -2.13. The van der Waals surface area contributed by atoms with E-state index < -0.39 is 0 Å². The van der Waals surface area contributed by atoms with E-state index in [1.54, 1.807) is 0 Å². The third-order valence-electron chi connectivity index (χ3n) is 3.38. The molecule has 0 unspecified atom stereocenters. The molecular formula is C17H24ClN5. The number of halogens is 1. The van der Waals surface area contributed by atoms with Crippen LogP contribution in [0.3, 0.4) is 0 Å². The highest BCUT2D eigenvalue weighted by Crippen LogP contribution is 2.23. The van der Waals surface area contributed by atoms with E-state index in [4.69, 9.17) is 11.6 Å². The maximum Gasteiger partial charge on any atom is 0.136 e. The summed E-state index contributed by atoms with van der Waals surface area (Å²) < 4.78 is 0.